The second kappa shape index (κ2) is 3.65. The molecule has 80 valence electrons. The Bertz CT molecular complexity index is 401. The molecule has 1 amide bonds. The van der Waals surface area contributed by atoms with Crippen LogP contribution in [0.1, 0.15) is 29.8 Å². The quantitative estimate of drug-likeness (QED) is 0.691. The van der Waals surface area contributed by atoms with E-state index < -0.39 is 0 Å². The van der Waals surface area contributed by atoms with Crippen LogP contribution in [0.25, 0.3) is 0 Å². The van der Waals surface area contributed by atoms with Gasteiger partial charge in [-0.05, 0) is 38.0 Å². The molecule has 1 heterocycles. The molecule has 0 aromatic heterocycles. The van der Waals surface area contributed by atoms with E-state index in [1.807, 2.05) is 13.8 Å². The minimum atomic E-state index is -0.340. The monoisotopic (exact) mass is 207 g/mol. The van der Waals surface area contributed by atoms with Gasteiger partial charge in [-0.1, -0.05) is 6.07 Å². The van der Waals surface area contributed by atoms with Crippen LogP contribution in [0.3, 0.4) is 0 Å². The molecule has 0 radical (unpaired) electrons. The molecule has 0 spiro atoms. The predicted molar refractivity (Wildman–Crippen MR) is 56.3 cm³/mol. The van der Waals surface area contributed by atoms with Crippen molar-refractivity contribution >= 4 is 5.91 Å². The largest absolute Gasteiger partial charge is 0.336 e. The number of halogens is 1. The Morgan fingerprint density at radius 1 is 1.40 bits per heavy atom. The maximum atomic E-state index is 13.0. The Hall–Kier alpha value is -1.38. The SMILES string of the molecule is CC(C)N1CCc2ccc(F)cc2C1=O. The van der Waals surface area contributed by atoms with E-state index in [1.165, 1.54) is 12.1 Å². The lowest BCUT2D eigenvalue weighted by Crippen LogP contribution is -2.42. The molecule has 1 aromatic carbocycles. The van der Waals surface area contributed by atoms with Crippen LogP contribution in [0.5, 0.6) is 0 Å². The molecular formula is C12H14FNO. The van der Waals surface area contributed by atoms with E-state index in [1.54, 1.807) is 11.0 Å². The van der Waals surface area contributed by atoms with E-state index in [2.05, 4.69) is 0 Å². The van der Waals surface area contributed by atoms with Crippen LogP contribution in [0.4, 0.5) is 4.39 Å². The predicted octanol–water partition coefficient (Wildman–Crippen LogP) is 2.23. The van der Waals surface area contributed by atoms with Crippen molar-refractivity contribution in [2.24, 2.45) is 0 Å². The third kappa shape index (κ3) is 1.74. The second-order valence-electron chi connectivity index (χ2n) is 4.14. The zero-order valence-electron chi connectivity index (χ0n) is 8.96. The van der Waals surface area contributed by atoms with Gasteiger partial charge in [-0.2, -0.15) is 0 Å². The number of amides is 1. The highest BCUT2D eigenvalue weighted by molar-refractivity contribution is 5.96. The molecular weight excluding hydrogens is 193 g/mol. The van der Waals surface area contributed by atoms with E-state index in [-0.39, 0.29) is 17.8 Å². The second-order valence-corrected chi connectivity index (χ2v) is 4.14. The average Bonchev–Trinajstić information content (AvgIpc) is 2.19. The van der Waals surface area contributed by atoms with Gasteiger partial charge >= 0.3 is 0 Å². The summed E-state index contributed by atoms with van der Waals surface area (Å²) in [6.45, 7) is 4.68. The van der Waals surface area contributed by atoms with Gasteiger partial charge in [0.2, 0.25) is 0 Å². The molecule has 2 nitrogen and oxygen atoms in total. The normalized spacial score (nSPS) is 15.7. The first-order valence-electron chi connectivity index (χ1n) is 5.19. The molecule has 0 aliphatic carbocycles. The van der Waals surface area contributed by atoms with Crippen LogP contribution in [-0.4, -0.2) is 23.4 Å². The van der Waals surface area contributed by atoms with Gasteiger partial charge in [0, 0.05) is 18.2 Å². The summed E-state index contributed by atoms with van der Waals surface area (Å²) in [6.07, 6.45) is 0.819. The van der Waals surface area contributed by atoms with Crippen molar-refractivity contribution in [3.05, 3.63) is 35.1 Å². The van der Waals surface area contributed by atoms with Crippen LogP contribution < -0.4 is 0 Å². The zero-order chi connectivity index (χ0) is 11.0. The summed E-state index contributed by atoms with van der Waals surface area (Å²) in [5.74, 6) is -0.390. The molecule has 1 aromatic rings. The number of hydrogen-bond acceptors (Lipinski definition) is 1. The summed E-state index contributed by atoms with van der Waals surface area (Å²) in [7, 11) is 0. The van der Waals surface area contributed by atoms with Crippen LogP contribution in [-0.2, 0) is 6.42 Å². The van der Waals surface area contributed by atoms with E-state index >= 15 is 0 Å². The highest BCUT2D eigenvalue weighted by Gasteiger charge is 2.26. The molecule has 0 N–H and O–H groups in total. The van der Waals surface area contributed by atoms with Gasteiger partial charge in [-0.3, -0.25) is 4.79 Å². The highest BCUT2D eigenvalue weighted by atomic mass is 19.1. The number of benzene rings is 1. The Balaban J connectivity index is 2.40. The van der Waals surface area contributed by atoms with E-state index in [0.717, 1.165) is 18.5 Å². The molecule has 0 fully saturated rings. The number of nitrogens with zero attached hydrogens (tertiary/aromatic N) is 1. The lowest BCUT2D eigenvalue weighted by molar-refractivity contribution is 0.0688. The van der Waals surface area contributed by atoms with Crippen molar-refractivity contribution in [3.8, 4) is 0 Å². The Morgan fingerprint density at radius 3 is 2.80 bits per heavy atom. The average molecular weight is 207 g/mol. The molecule has 1 aliphatic rings. The fraction of sp³-hybridized carbons (Fsp3) is 0.417. The van der Waals surface area contributed by atoms with Crippen molar-refractivity contribution in [1.82, 2.24) is 4.90 Å². The Morgan fingerprint density at radius 2 is 2.13 bits per heavy atom. The first-order chi connectivity index (χ1) is 7.09. The maximum absolute atomic E-state index is 13.0. The fourth-order valence-electron chi connectivity index (χ4n) is 1.96. The zero-order valence-corrected chi connectivity index (χ0v) is 8.96. The molecule has 3 heteroatoms. The third-order valence-corrected chi connectivity index (χ3v) is 2.81. The summed E-state index contributed by atoms with van der Waals surface area (Å²) in [4.78, 5) is 13.7. The standard InChI is InChI=1S/C12H14FNO/c1-8(2)14-6-5-9-3-4-10(13)7-11(9)12(14)15/h3-4,7-8H,5-6H2,1-2H3. The van der Waals surface area contributed by atoms with Crippen molar-refractivity contribution < 1.29 is 9.18 Å². The molecule has 0 saturated carbocycles. The lowest BCUT2D eigenvalue weighted by Gasteiger charge is -2.31. The van der Waals surface area contributed by atoms with Crippen molar-refractivity contribution in [3.63, 3.8) is 0 Å². The van der Waals surface area contributed by atoms with Crippen molar-refractivity contribution in [1.29, 1.82) is 0 Å². The minimum Gasteiger partial charge on any atom is -0.336 e. The molecule has 0 atom stereocenters. The van der Waals surface area contributed by atoms with E-state index in [4.69, 9.17) is 0 Å². The summed E-state index contributed by atoms with van der Waals surface area (Å²) in [5.41, 5.74) is 1.48. The van der Waals surface area contributed by atoms with Crippen LogP contribution >= 0.6 is 0 Å². The summed E-state index contributed by atoms with van der Waals surface area (Å²) in [5, 5.41) is 0. The fourth-order valence-corrected chi connectivity index (χ4v) is 1.96. The molecule has 15 heavy (non-hydrogen) atoms. The number of rotatable bonds is 1. The van der Waals surface area contributed by atoms with Crippen LogP contribution in [0.2, 0.25) is 0 Å². The minimum absolute atomic E-state index is 0.0502. The Kier molecular flexibility index (Phi) is 2.47. The molecule has 1 aliphatic heterocycles. The van der Waals surface area contributed by atoms with Crippen LogP contribution in [0, 0.1) is 5.82 Å². The molecule has 2 rings (SSSR count). The molecule has 0 bridgehead atoms. The summed E-state index contributed by atoms with van der Waals surface area (Å²) in [6, 6.07) is 4.64. The molecule has 0 saturated heterocycles. The summed E-state index contributed by atoms with van der Waals surface area (Å²) >= 11 is 0. The van der Waals surface area contributed by atoms with Gasteiger partial charge in [0.25, 0.3) is 5.91 Å². The number of hydrogen-bond donors (Lipinski definition) is 0. The maximum Gasteiger partial charge on any atom is 0.254 e. The Labute approximate surface area is 88.7 Å². The van der Waals surface area contributed by atoms with Gasteiger partial charge in [0.05, 0.1) is 0 Å². The lowest BCUT2D eigenvalue weighted by atomic mass is 9.98. The van der Waals surface area contributed by atoms with Crippen molar-refractivity contribution in [2.75, 3.05) is 6.54 Å². The smallest absolute Gasteiger partial charge is 0.254 e. The topological polar surface area (TPSA) is 20.3 Å². The highest BCUT2D eigenvalue weighted by Crippen LogP contribution is 2.21. The molecule has 0 unspecified atom stereocenters. The van der Waals surface area contributed by atoms with E-state index in [9.17, 15) is 9.18 Å². The summed E-state index contributed by atoms with van der Waals surface area (Å²) < 4.78 is 13.0. The number of carbonyl (C=O) groups excluding carboxylic acids is 1. The van der Waals surface area contributed by atoms with Gasteiger partial charge in [0.1, 0.15) is 5.82 Å². The number of carbonyl (C=O) groups is 1. The van der Waals surface area contributed by atoms with E-state index in [0.29, 0.717) is 5.56 Å². The first kappa shape index (κ1) is 10.1. The van der Waals surface area contributed by atoms with Crippen LogP contribution in [0.15, 0.2) is 18.2 Å². The van der Waals surface area contributed by atoms with Gasteiger partial charge in [-0.15, -0.1) is 0 Å². The van der Waals surface area contributed by atoms with Gasteiger partial charge in [0.15, 0.2) is 0 Å². The van der Waals surface area contributed by atoms with Gasteiger partial charge < -0.3 is 4.90 Å². The third-order valence-electron chi connectivity index (χ3n) is 2.81. The number of fused-ring (bicyclic) bond motifs is 1. The van der Waals surface area contributed by atoms with Crippen molar-refractivity contribution in [2.45, 2.75) is 26.3 Å². The first-order valence-corrected chi connectivity index (χ1v) is 5.19. The van der Waals surface area contributed by atoms with Gasteiger partial charge in [-0.25, -0.2) is 4.39 Å².